The van der Waals surface area contributed by atoms with Gasteiger partial charge >= 0.3 is 0 Å². The summed E-state index contributed by atoms with van der Waals surface area (Å²) in [7, 11) is -2.53. The Kier molecular flexibility index (Phi) is 3.62. The maximum atomic E-state index is 12.2. The van der Waals surface area contributed by atoms with E-state index in [1.54, 1.807) is 0 Å². The number of anilines is 1. The lowest BCUT2D eigenvalue weighted by Gasteiger charge is -2.10. The van der Waals surface area contributed by atoms with Crippen LogP contribution in [0.3, 0.4) is 0 Å². The molecule has 0 fully saturated rings. The summed E-state index contributed by atoms with van der Waals surface area (Å²) in [6.07, 6.45) is 1.22. The van der Waals surface area contributed by atoms with Crippen LogP contribution < -0.4 is 4.72 Å². The molecule has 0 amide bonds. The van der Waals surface area contributed by atoms with Crippen molar-refractivity contribution in [3.63, 3.8) is 0 Å². The summed E-state index contributed by atoms with van der Waals surface area (Å²) < 4.78 is 27.6. The number of sulfonamides is 1. The fourth-order valence-corrected chi connectivity index (χ4v) is 3.39. The van der Waals surface area contributed by atoms with Crippen molar-refractivity contribution >= 4 is 38.9 Å². The molecule has 1 aromatic heterocycles. The van der Waals surface area contributed by atoms with Crippen molar-refractivity contribution in [3.05, 3.63) is 34.4 Å². The number of aryl methyl sites for hydroxylation is 1. The van der Waals surface area contributed by atoms with Gasteiger partial charge in [0.2, 0.25) is 0 Å². The molecule has 1 aromatic carbocycles. The number of rotatable bonds is 3. The molecule has 2 rings (SSSR count). The van der Waals surface area contributed by atoms with E-state index in [0.717, 1.165) is 4.68 Å². The highest BCUT2D eigenvalue weighted by Crippen LogP contribution is 2.33. The quantitative estimate of drug-likeness (QED) is 0.849. The number of nitrogens with zero attached hydrogens (tertiary/aromatic N) is 2. The molecule has 0 aliphatic heterocycles. The van der Waals surface area contributed by atoms with Gasteiger partial charge < -0.3 is 5.11 Å². The highest BCUT2D eigenvalue weighted by Gasteiger charge is 2.24. The zero-order chi connectivity index (χ0) is 14.2. The molecule has 0 atom stereocenters. The molecular formula is C10H9Cl2N3O3S. The molecule has 0 radical (unpaired) electrons. The fraction of sp³-hybridized carbons (Fsp3) is 0.100. The molecular weight excluding hydrogens is 313 g/mol. The number of benzene rings is 1. The van der Waals surface area contributed by atoms with E-state index < -0.39 is 10.0 Å². The lowest BCUT2D eigenvalue weighted by Crippen LogP contribution is -2.17. The number of hydrogen-bond donors (Lipinski definition) is 2. The number of halogens is 2. The number of hydrogen-bond acceptors (Lipinski definition) is 4. The largest absolute Gasteiger partial charge is 0.504 e. The number of phenolic OH excluding ortho intramolecular Hbond substituents is 1. The Morgan fingerprint density at radius 3 is 2.58 bits per heavy atom. The Bertz CT molecular complexity index is 708. The SMILES string of the molecule is Cn1ncc(Cl)c1S(=O)(=O)Nc1cccc(Cl)c1O. The molecule has 0 saturated carbocycles. The van der Waals surface area contributed by atoms with E-state index >= 15 is 0 Å². The third kappa shape index (κ3) is 2.63. The maximum Gasteiger partial charge on any atom is 0.280 e. The van der Waals surface area contributed by atoms with Crippen LogP contribution in [0.15, 0.2) is 29.4 Å². The summed E-state index contributed by atoms with van der Waals surface area (Å²) in [4.78, 5) is 0. The molecule has 102 valence electrons. The van der Waals surface area contributed by atoms with Gasteiger partial charge in [-0.3, -0.25) is 9.40 Å². The van der Waals surface area contributed by atoms with Crippen LogP contribution in [-0.4, -0.2) is 23.3 Å². The van der Waals surface area contributed by atoms with Gasteiger partial charge in [0.25, 0.3) is 10.0 Å². The average molecular weight is 322 g/mol. The first-order valence-corrected chi connectivity index (χ1v) is 7.24. The summed E-state index contributed by atoms with van der Waals surface area (Å²) in [5, 5.41) is 13.2. The van der Waals surface area contributed by atoms with Crippen LogP contribution in [0.2, 0.25) is 10.0 Å². The number of aromatic hydroxyl groups is 1. The number of phenols is 1. The van der Waals surface area contributed by atoms with Crippen molar-refractivity contribution in [2.45, 2.75) is 5.03 Å². The Morgan fingerprint density at radius 2 is 2.00 bits per heavy atom. The predicted octanol–water partition coefficient (Wildman–Crippen LogP) is 2.23. The van der Waals surface area contributed by atoms with E-state index in [1.165, 1.54) is 31.4 Å². The van der Waals surface area contributed by atoms with E-state index in [4.69, 9.17) is 23.2 Å². The van der Waals surface area contributed by atoms with E-state index in [-0.39, 0.29) is 26.5 Å². The van der Waals surface area contributed by atoms with E-state index in [1.807, 2.05) is 0 Å². The van der Waals surface area contributed by atoms with Crippen molar-refractivity contribution in [3.8, 4) is 5.75 Å². The smallest absolute Gasteiger partial charge is 0.280 e. The second-order valence-corrected chi connectivity index (χ2v) is 6.07. The molecule has 0 unspecified atom stereocenters. The molecule has 9 heteroatoms. The topological polar surface area (TPSA) is 84.2 Å². The van der Waals surface area contributed by atoms with Crippen molar-refractivity contribution in [1.29, 1.82) is 0 Å². The zero-order valence-corrected chi connectivity index (χ0v) is 12.0. The first kappa shape index (κ1) is 14.0. The predicted molar refractivity (Wildman–Crippen MR) is 72.1 cm³/mol. The van der Waals surface area contributed by atoms with Gasteiger partial charge in [0.1, 0.15) is 0 Å². The molecule has 0 aliphatic rings. The van der Waals surface area contributed by atoms with Crippen LogP contribution in [0.5, 0.6) is 5.75 Å². The van der Waals surface area contributed by atoms with Gasteiger partial charge in [-0.05, 0) is 12.1 Å². The summed E-state index contributed by atoms with van der Waals surface area (Å²) in [5.74, 6) is -0.356. The Morgan fingerprint density at radius 1 is 1.32 bits per heavy atom. The van der Waals surface area contributed by atoms with Crippen molar-refractivity contribution < 1.29 is 13.5 Å². The minimum Gasteiger partial charge on any atom is -0.504 e. The molecule has 0 aliphatic carbocycles. The van der Waals surface area contributed by atoms with Crippen molar-refractivity contribution in [1.82, 2.24) is 9.78 Å². The zero-order valence-electron chi connectivity index (χ0n) is 9.63. The van der Waals surface area contributed by atoms with Gasteiger partial charge in [0.05, 0.1) is 21.9 Å². The number of nitrogens with one attached hydrogen (secondary N) is 1. The first-order chi connectivity index (χ1) is 8.83. The lowest BCUT2D eigenvalue weighted by molar-refractivity contribution is 0.478. The Balaban J connectivity index is 2.46. The number of aromatic nitrogens is 2. The van der Waals surface area contributed by atoms with Crippen LogP contribution in [0, 0.1) is 0 Å². The van der Waals surface area contributed by atoms with E-state index in [9.17, 15) is 13.5 Å². The van der Waals surface area contributed by atoms with Gasteiger partial charge in [0.15, 0.2) is 10.8 Å². The maximum absolute atomic E-state index is 12.2. The van der Waals surface area contributed by atoms with Crippen LogP contribution in [-0.2, 0) is 17.1 Å². The lowest BCUT2D eigenvalue weighted by atomic mass is 10.3. The molecule has 0 saturated heterocycles. The third-order valence-electron chi connectivity index (χ3n) is 2.33. The Hall–Kier alpha value is -1.44. The highest BCUT2D eigenvalue weighted by atomic mass is 35.5. The molecule has 2 aromatic rings. The van der Waals surface area contributed by atoms with Crippen LogP contribution in [0.4, 0.5) is 5.69 Å². The molecule has 2 N–H and O–H groups in total. The average Bonchev–Trinajstić information content (AvgIpc) is 2.65. The van der Waals surface area contributed by atoms with Gasteiger partial charge in [-0.1, -0.05) is 29.3 Å². The third-order valence-corrected chi connectivity index (χ3v) is 4.50. The van der Waals surface area contributed by atoms with Crippen LogP contribution in [0.1, 0.15) is 0 Å². The minimum absolute atomic E-state index is 0.0171. The Labute approximate surface area is 119 Å². The summed E-state index contributed by atoms with van der Waals surface area (Å²) >= 11 is 11.5. The van der Waals surface area contributed by atoms with Gasteiger partial charge in [-0.25, -0.2) is 0 Å². The van der Waals surface area contributed by atoms with Crippen LogP contribution in [0.25, 0.3) is 0 Å². The van der Waals surface area contributed by atoms with Gasteiger partial charge in [0, 0.05) is 7.05 Å². The second kappa shape index (κ2) is 4.92. The monoisotopic (exact) mass is 321 g/mol. The molecule has 19 heavy (non-hydrogen) atoms. The molecule has 0 bridgehead atoms. The van der Waals surface area contributed by atoms with Crippen LogP contribution >= 0.6 is 23.2 Å². The molecule has 0 spiro atoms. The normalized spacial score (nSPS) is 11.5. The van der Waals surface area contributed by atoms with E-state index in [2.05, 4.69) is 9.82 Å². The standard InChI is InChI=1S/C10H9Cl2N3O3S/c1-15-10(7(12)5-13-15)19(17,18)14-8-4-2-3-6(11)9(8)16/h2-5,14,16H,1H3. The van der Waals surface area contributed by atoms with Crippen molar-refractivity contribution in [2.75, 3.05) is 4.72 Å². The fourth-order valence-electron chi connectivity index (χ4n) is 1.49. The number of para-hydroxylation sites is 1. The first-order valence-electron chi connectivity index (χ1n) is 5.00. The van der Waals surface area contributed by atoms with Gasteiger partial charge in [-0.15, -0.1) is 0 Å². The van der Waals surface area contributed by atoms with Crippen molar-refractivity contribution in [2.24, 2.45) is 7.05 Å². The minimum atomic E-state index is -3.97. The molecule has 6 nitrogen and oxygen atoms in total. The summed E-state index contributed by atoms with van der Waals surface area (Å²) in [6.45, 7) is 0. The van der Waals surface area contributed by atoms with Gasteiger partial charge in [-0.2, -0.15) is 13.5 Å². The summed E-state index contributed by atoms with van der Waals surface area (Å²) in [6, 6.07) is 4.32. The van der Waals surface area contributed by atoms with E-state index in [0.29, 0.717) is 0 Å². The summed E-state index contributed by atoms with van der Waals surface area (Å²) in [5.41, 5.74) is -0.0373. The molecule has 1 heterocycles. The second-order valence-electron chi connectivity index (χ2n) is 3.66. The highest BCUT2D eigenvalue weighted by molar-refractivity contribution is 7.92.